The highest BCUT2D eigenvalue weighted by atomic mass is 32.2. The Kier molecular flexibility index (Phi) is 5.25. The van der Waals surface area contributed by atoms with E-state index < -0.39 is 10.0 Å². The molecule has 23 heavy (non-hydrogen) atoms. The lowest BCUT2D eigenvalue weighted by Gasteiger charge is -2.03. The Morgan fingerprint density at radius 3 is 2.43 bits per heavy atom. The fourth-order valence-corrected chi connectivity index (χ4v) is 2.56. The summed E-state index contributed by atoms with van der Waals surface area (Å²) in [5.41, 5.74) is 1.53. The molecule has 2 rings (SSSR count). The lowest BCUT2D eigenvalue weighted by molar-refractivity contribution is -0.111. The quantitative estimate of drug-likeness (QED) is 0.820. The summed E-state index contributed by atoms with van der Waals surface area (Å²) in [4.78, 5) is 16.2. The molecule has 0 saturated carbocycles. The second-order valence-corrected chi connectivity index (χ2v) is 6.65. The fourth-order valence-electron chi connectivity index (χ4n) is 1.83. The van der Waals surface area contributed by atoms with E-state index in [2.05, 4.69) is 15.0 Å². The van der Waals surface area contributed by atoms with Crippen LogP contribution in [0.3, 0.4) is 0 Å². The number of hydrogen-bond donors (Lipinski definition) is 2. The van der Waals surface area contributed by atoms with E-state index in [0.29, 0.717) is 11.4 Å². The number of amides is 1. The summed E-state index contributed by atoms with van der Waals surface area (Å²) >= 11 is 0. The van der Waals surface area contributed by atoms with E-state index in [1.54, 1.807) is 24.3 Å². The third kappa shape index (κ3) is 4.73. The first kappa shape index (κ1) is 16.9. The summed E-state index contributed by atoms with van der Waals surface area (Å²) in [6, 6.07) is 11.6. The number of anilines is 1. The van der Waals surface area contributed by atoms with Gasteiger partial charge in [0, 0.05) is 11.8 Å². The van der Waals surface area contributed by atoms with Gasteiger partial charge in [-0.2, -0.15) is 0 Å². The molecule has 0 spiro atoms. The average molecular weight is 331 g/mol. The van der Waals surface area contributed by atoms with E-state index in [0.717, 1.165) is 5.69 Å². The van der Waals surface area contributed by atoms with Gasteiger partial charge in [-0.05, 0) is 49.9 Å². The van der Waals surface area contributed by atoms with Gasteiger partial charge in [-0.1, -0.05) is 18.2 Å². The maximum atomic E-state index is 11.8. The van der Waals surface area contributed by atoms with Gasteiger partial charge >= 0.3 is 0 Å². The number of hydrogen-bond acceptors (Lipinski definition) is 4. The van der Waals surface area contributed by atoms with Crippen LogP contribution in [0.2, 0.25) is 0 Å². The van der Waals surface area contributed by atoms with Gasteiger partial charge in [-0.15, -0.1) is 0 Å². The highest BCUT2D eigenvalue weighted by Gasteiger charge is 2.09. The van der Waals surface area contributed by atoms with Crippen LogP contribution in [0, 0.1) is 6.92 Å². The minimum Gasteiger partial charge on any atom is -0.307 e. The van der Waals surface area contributed by atoms with Crippen LogP contribution in [-0.2, 0) is 14.8 Å². The molecule has 2 aromatic rings. The minimum absolute atomic E-state index is 0.172. The molecule has 120 valence electrons. The summed E-state index contributed by atoms with van der Waals surface area (Å²) in [6.07, 6.45) is 2.96. The molecule has 0 bridgehead atoms. The van der Waals surface area contributed by atoms with Crippen molar-refractivity contribution in [2.75, 3.05) is 12.4 Å². The molecule has 6 nitrogen and oxygen atoms in total. The van der Waals surface area contributed by atoms with Crippen LogP contribution >= 0.6 is 0 Å². The number of aryl methyl sites for hydroxylation is 1. The van der Waals surface area contributed by atoms with Crippen LogP contribution in [0.25, 0.3) is 6.08 Å². The van der Waals surface area contributed by atoms with Crippen molar-refractivity contribution in [2.24, 2.45) is 0 Å². The monoisotopic (exact) mass is 331 g/mol. The van der Waals surface area contributed by atoms with Crippen molar-refractivity contribution < 1.29 is 13.2 Å². The fraction of sp³-hybridized carbons (Fsp3) is 0.125. The van der Waals surface area contributed by atoms with Crippen LogP contribution in [0.1, 0.15) is 11.3 Å². The van der Waals surface area contributed by atoms with Gasteiger partial charge in [0.15, 0.2) is 0 Å². The normalized spacial score (nSPS) is 11.6. The van der Waals surface area contributed by atoms with E-state index in [-0.39, 0.29) is 10.8 Å². The van der Waals surface area contributed by atoms with Gasteiger partial charge in [0.05, 0.1) is 4.90 Å². The van der Waals surface area contributed by atoms with Crippen molar-refractivity contribution in [1.29, 1.82) is 0 Å². The number of nitrogens with zero attached hydrogens (tertiary/aromatic N) is 1. The number of carbonyl (C=O) groups is 1. The zero-order chi connectivity index (χ0) is 16.9. The van der Waals surface area contributed by atoms with Gasteiger partial charge in [0.25, 0.3) is 0 Å². The molecule has 1 aromatic heterocycles. The number of benzene rings is 1. The van der Waals surface area contributed by atoms with Crippen LogP contribution in [0.15, 0.2) is 53.4 Å². The SMILES string of the molecule is CNS(=O)(=O)c1ccc(/C=C/C(=O)Nc2cccc(C)n2)cc1. The molecule has 0 atom stereocenters. The van der Waals surface area contributed by atoms with Crippen molar-refractivity contribution in [3.05, 3.63) is 59.8 Å². The van der Waals surface area contributed by atoms with Crippen LogP contribution < -0.4 is 10.0 Å². The molecule has 1 aromatic carbocycles. The average Bonchev–Trinajstić information content (AvgIpc) is 2.53. The Balaban J connectivity index is 2.04. The molecule has 0 aliphatic heterocycles. The van der Waals surface area contributed by atoms with Crippen molar-refractivity contribution in [3.63, 3.8) is 0 Å². The van der Waals surface area contributed by atoms with Crippen molar-refractivity contribution in [3.8, 4) is 0 Å². The Labute approximate surface area is 135 Å². The number of nitrogens with one attached hydrogen (secondary N) is 2. The lowest BCUT2D eigenvalue weighted by atomic mass is 10.2. The number of sulfonamides is 1. The molecular formula is C16H17N3O3S. The zero-order valence-corrected chi connectivity index (χ0v) is 13.6. The molecule has 0 saturated heterocycles. The number of carbonyl (C=O) groups excluding carboxylic acids is 1. The molecule has 0 aliphatic carbocycles. The summed E-state index contributed by atoms with van der Waals surface area (Å²) in [6.45, 7) is 1.84. The summed E-state index contributed by atoms with van der Waals surface area (Å²) in [5, 5.41) is 2.66. The Bertz CT molecular complexity index is 828. The molecule has 1 amide bonds. The second-order valence-electron chi connectivity index (χ2n) is 4.76. The molecule has 7 heteroatoms. The first-order valence-electron chi connectivity index (χ1n) is 6.87. The zero-order valence-electron chi connectivity index (χ0n) is 12.8. The predicted molar refractivity (Wildman–Crippen MR) is 89.3 cm³/mol. The molecule has 0 fully saturated rings. The van der Waals surface area contributed by atoms with E-state index >= 15 is 0 Å². The van der Waals surface area contributed by atoms with E-state index in [1.807, 2.05) is 19.1 Å². The Hall–Kier alpha value is -2.51. The molecule has 0 aliphatic rings. The first-order valence-corrected chi connectivity index (χ1v) is 8.35. The third-order valence-corrected chi connectivity index (χ3v) is 4.46. The maximum absolute atomic E-state index is 11.8. The summed E-state index contributed by atoms with van der Waals surface area (Å²) in [5.74, 6) is 0.171. The predicted octanol–water partition coefficient (Wildman–Crippen LogP) is 1.95. The lowest BCUT2D eigenvalue weighted by Crippen LogP contribution is -2.18. The molecule has 1 heterocycles. The number of aromatic nitrogens is 1. The van der Waals surface area contributed by atoms with Gasteiger partial charge in [-0.25, -0.2) is 18.1 Å². The minimum atomic E-state index is -3.45. The van der Waals surface area contributed by atoms with Crippen molar-refractivity contribution >= 4 is 27.8 Å². The van der Waals surface area contributed by atoms with Gasteiger partial charge in [-0.3, -0.25) is 4.79 Å². The summed E-state index contributed by atoms with van der Waals surface area (Å²) in [7, 11) is -2.10. The first-order chi connectivity index (χ1) is 10.9. The van der Waals surface area contributed by atoms with Crippen LogP contribution in [-0.4, -0.2) is 26.4 Å². The largest absolute Gasteiger partial charge is 0.307 e. The smallest absolute Gasteiger partial charge is 0.249 e. The van der Waals surface area contributed by atoms with E-state index in [9.17, 15) is 13.2 Å². The van der Waals surface area contributed by atoms with E-state index in [4.69, 9.17) is 0 Å². The highest BCUT2D eigenvalue weighted by molar-refractivity contribution is 7.89. The number of rotatable bonds is 5. The standard InChI is InChI=1S/C16H17N3O3S/c1-12-4-3-5-15(18-12)19-16(20)11-8-13-6-9-14(10-7-13)23(21,22)17-2/h3-11,17H,1-2H3,(H,18,19,20)/b11-8+. The van der Waals surface area contributed by atoms with Gasteiger partial charge in [0.1, 0.15) is 5.82 Å². The molecular weight excluding hydrogens is 314 g/mol. The van der Waals surface area contributed by atoms with E-state index in [1.165, 1.54) is 25.3 Å². The van der Waals surface area contributed by atoms with Crippen LogP contribution in [0.5, 0.6) is 0 Å². The Morgan fingerprint density at radius 1 is 1.13 bits per heavy atom. The molecule has 0 radical (unpaired) electrons. The second kappa shape index (κ2) is 7.17. The molecule has 0 unspecified atom stereocenters. The van der Waals surface area contributed by atoms with Crippen LogP contribution in [0.4, 0.5) is 5.82 Å². The topological polar surface area (TPSA) is 88.2 Å². The van der Waals surface area contributed by atoms with Gasteiger partial charge < -0.3 is 5.32 Å². The van der Waals surface area contributed by atoms with Gasteiger partial charge in [0.2, 0.25) is 15.9 Å². The van der Waals surface area contributed by atoms with Crippen molar-refractivity contribution in [1.82, 2.24) is 9.71 Å². The molecule has 2 N–H and O–H groups in total. The highest BCUT2D eigenvalue weighted by Crippen LogP contribution is 2.11. The summed E-state index contributed by atoms with van der Waals surface area (Å²) < 4.78 is 25.5. The van der Waals surface area contributed by atoms with Crippen molar-refractivity contribution in [2.45, 2.75) is 11.8 Å². The third-order valence-electron chi connectivity index (χ3n) is 3.03. The Morgan fingerprint density at radius 2 is 1.83 bits per heavy atom. The number of pyridine rings is 1. The maximum Gasteiger partial charge on any atom is 0.249 e.